The number of benzene rings is 1. The maximum absolute atomic E-state index is 12.8. The first-order valence-electron chi connectivity index (χ1n) is 8.80. The molecule has 6 nitrogen and oxygen atoms in total. The second-order valence-electron chi connectivity index (χ2n) is 6.35. The summed E-state index contributed by atoms with van der Waals surface area (Å²) in [6.45, 7) is 2.49. The fourth-order valence-corrected chi connectivity index (χ4v) is 2.75. The van der Waals surface area contributed by atoms with Gasteiger partial charge in [0, 0.05) is 18.0 Å². The molecule has 0 aliphatic carbocycles. The third kappa shape index (κ3) is 5.34. The summed E-state index contributed by atoms with van der Waals surface area (Å²) < 4.78 is 10.7. The zero-order valence-electron chi connectivity index (χ0n) is 15.1. The molecule has 140 valence electrons. The van der Waals surface area contributed by atoms with E-state index in [2.05, 4.69) is 5.32 Å². The average molecular weight is 366 g/mol. The van der Waals surface area contributed by atoms with Crippen molar-refractivity contribution in [1.82, 2.24) is 10.2 Å². The molecule has 1 N–H and O–H groups in total. The van der Waals surface area contributed by atoms with E-state index in [0.29, 0.717) is 30.2 Å². The van der Waals surface area contributed by atoms with Crippen LogP contribution in [-0.2, 0) is 17.9 Å². The van der Waals surface area contributed by atoms with Crippen LogP contribution in [0.15, 0.2) is 76.0 Å². The van der Waals surface area contributed by atoms with E-state index >= 15 is 0 Å². The minimum Gasteiger partial charge on any atom is -0.467 e. The molecule has 0 aliphatic rings. The minimum absolute atomic E-state index is 0.0938. The smallest absolute Gasteiger partial charge is 0.251 e. The standard InChI is InChI=1S/C21H22N2O4/c1-16(22-21(25)17-7-3-2-4-8-17)13-20(24)23(14-18-9-5-11-26-18)15-19-10-6-12-27-19/h2-12,16H,13-15H2,1H3,(H,22,25). The number of carbonyl (C=O) groups is 2. The highest BCUT2D eigenvalue weighted by molar-refractivity contribution is 5.94. The van der Waals surface area contributed by atoms with E-state index in [1.807, 2.05) is 25.1 Å². The highest BCUT2D eigenvalue weighted by Crippen LogP contribution is 2.13. The number of amides is 2. The second-order valence-corrected chi connectivity index (χ2v) is 6.35. The Labute approximate surface area is 157 Å². The van der Waals surface area contributed by atoms with Crippen LogP contribution in [0.4, 0.5) is 0 Å². The van der Waals surface area contributed by atoms with Crippen molar-refractivity contribution in [3.8, 4) is 0 Å². The van der Waals surface area contributed by atoms with Crippen molar-refractivity contribution in [3.05, 3.63) is 84.2 Å². The molecular formula is C21H22N2O4. The van der Waals surface area contributed by atoms with E-state index in [1.54, 1.807) is 53.8 Å². The van der Waals surface area contributed by atoms with Crippen molar-refractivity contribution in [1.29, 1.82) is 0 Å². The molecule has 0 fully saturated rings. The Balaban J connectivity index is 1.61. The number of hydrogen-bond acceptors (Lipinski definition) is 4. The molecule has 0 aliphatic heterocycles. The molecule has 3 rings (SSSR count). The summed E-state index contributed by atoms with van der Waals surface area (Å²) in [5.41, 5.74) is 0.569. The molecule has 2 heterocycles. The average Bonchev–Trinajstić information content (AvgIpc) is 3.36. The fourth-order valence-electron chi connectivity index (χ4n) is 2.75. The molecule has 27 heavy (non-hydrogen) atoms. The summed E-state index contributed by atoms with van der Waals surface area (Å²) in [7, 11) is 0. The monoisotopic (exact) mass is 366 g/mol. The number of nitrogens with one attached hydrogen (secondary N) is 1. The van der Waals surface area contributed by atoms with Gasteiger partial charge in [-0.3, -0.25) is 9.59 Å². The number of hydrogen-bond donors (Lipinski definition) is 1. The maximum Gasteiger partial charge on any atom is 0.251 e. The number of carbonyl (C=O) groups excluding carboxylic acids is 2. The van der Waals surface area contributed by atoms with Crippen molar-refractivity contribution in [2.75, 3.05) is 0 Å². The van der Waals surface area contributed by atoms with Gasteiger partial charge in [0.25, 0.3) is 5.91 Å². The summed E-state index contributed by atoms with van der Waals surface area (Å²) in [5, 5.41) is 2.87. The molecule has 0 saturated heterocycles. The molecule has 0 saturated carbocycles. The van der Waals surface area contributed by atoms with Gasteiger partial charge in [0.15, 0.2) is 0 Å². The topological polar surface area (TPSA) is 75.7 Å². The lowest BCUT2D eigenvalue weighted by molar-refractivity contribution is -0.133. The summed E-state index contributed by atoms with van der Waals surface area (Å²) in [5.74, 6) is 1.09. The van der Waals surface area contributed by atoms with E-state index in [4.69, 9.17) is 8.83 Å². The van der Waals surface area contributed by atoms with Crippen molar-refractivity contribution < 1.29 is 18.4 Å². The SMILES string of the molecule is CC(CC(=O)N(Cc1ccco1)Cc1ccco1)NC(=O)c1ccccc1. The highest BCUT2D eigenvalue weighted by atomic mass is 16.3. The summed E-state index contributed by atoms with van der Waals surface area (Å²) in [4.78, 5) is 26.7. The third-order valence-electron chi connectivity index (χ3n) is 4.10. The molecule has 6 heteroatoms. The second kappa shape index (κ2) is 8.89. The highest BCUT2D eigenvalue weighted by Gasteiger charge is 2.20. The molecule has 2 amide bonds. The zero-order chi connectivity index (χ0) is 19.1. The Bertz CT molecular complexity index is 805. The van der Waals surface area contributed by atoms with Crippen LogP contribution < -0.4 is 5.32 Å². The molecule has 1 aromatic carbocycles. The fraction of sp³-hybridized carbons (Fsp3) is 0.238. The van der Waals surface area contributed by atoms with Crippen LogP contribution in [0.25, 0.3) is 0 Å². The Morgan fingerprint density at radius 1 is 0.926 bits per heavy atom. The van der Waals surface area contributed by atoms with E-state index in [9.17, 15) is 9.59 Å². The Hall–Kier alpha value is -3.28. The van der Waals surface area contributed by atoms with Crippen molar-refractivity contribution in [2.45, 2.75) is 32.5 Å². The Kier molecular flexibility index (Phi) is 6.10. The van der Waals surface area contributed by atoms with Crippen LogP contribution in [0.3, 0.4) is 0 Å². The van der Waals surface area contributed by atoms with Gasteiger partial charge in [0.2, 0.25) is 5.91 Å². The largest absolute Gasteiger partial charge is 0.467 e. The van der Waals surface area contributed by atoms with Crippen LogP contribution in [0.1, 0.15) is 35.2 Å². The van der Waals surface area contributed by atoms with Gasteiger partial charge in [-0.1, -0.05) is 18.2 Å². The van der Waals surface area contributed by atoms with E-state index in [0.717, 1.165) is 0 Å². The van der Waals surface area contributed by atoms with E-state index in [-0.39, 0.29) is 24.3 Å². The van der Waals surface area contributed by atoms with Crippen LogP contribution in [0.5, 0.6) is 0 Å². The number of rotatable bonds is 8. The van der Waals surface area contributed by atoms with Crippen LogP contribution in [0.2, 0.25) is 0 Å². The Morgan fingerprint density at radius 3 is 2.04 bits per heavy atom. The van der Waals surface area contributed by atoms with Crippen LogP contribution >= 0.6 is 0 Å². The first kappa shape index (κ1) is 18.5. The lowest BCUT2D eigenvalue weighted by Gasteiger charge is -2.23. The van der Waals surface area contributed by atoms with Gasteiger partial charge in [-0.05, 0) is 43.3 Å². The zero-order valence-corrected chi connectivity index (χ0v) is 15.1. The van der Waals surface area contributed by atoms with Gasteiger partial charge >= 0.3 is 0 Å². The van der Waals surface area contributed by atoms with Gasteiger partial charge in [-0.2, -0.15) is 0 Å². The third-order valence-corrected chi connectivity index (χ3v) is 4.10. The molecule has 3 aromatic rings. The normalized spacial score (nSPS) is 11.7. The first-order chi connectivity index (χ1) is 13.1. The van der Waals surface area contributed by atoms with Gasteiger partial charge < -0.3 is 19.1 Å². The summed E-state index contributed by atoms with van der Waals surface area (Å²) in [6.07, 6.45) is 3.33. The molecule has 1 unspecified atom stereocenters. The minimum atomic E-state index is -0.305. The van der Waals surface area contributed by atoms with Crippen LogP contribution in [-0.4, -0.2) is 22.8 Å². The van der Waals surface area contributed by atoms with Gasteiger partial charge in [0.1, 0.15) is 11.5 Å². The molecule has 2 aromatic heterocycles. The van der Waals surface area contributed by atoms with E-state index in [1.165, 1.54) is 0 Å². The van der Waals surface area contributed by atoms with Gasteiger partial charge in [0.05, 0.1) is 25.6 Å². The maximum atomic E-state index is 12.8. The number of furan rings is 2. The first-order valence-corrected chi connectivity index (χ1v) is 8.80. The van der Waals surface area contributed by atoms with Crippen molar-refractivity contribution in [3.63, 3.8) is 0 Å². The molecule has 0 spiro atoms. The summed E-state index contributed by atoms with van der Waals surface area (Å²) >= 11 is 0. The lowest BCUT2D eigenvalue weighted by atomic mass is 10.1. The number of nitrogens with zero attached hydrogens (tertiary/aromatic N) is 1. The lowest BCUT2D eigenvalue weighted by Crippen LogP contribution is -2.38. The van der Waals surface area contributed by atoms with Crippen molar-refractivity contribution in [2.24, 2.45) is 0 Å². The molecule has 0 bridgehead atoms. The van der Waals surface area contributed by atoms with Crippen LogP contribution in [0, 0.1) is 0 Å². The van der Waals surface area contributed by atoms with Gasteiger partial charge in [-0.25, -0.2) is 0 Å². The predicted molar refractivity (Wildman–Crippen MR) is 99.7 cm³/mol. The van der Waals surface area contributed by atoms with Crippen molar-refractivity contribution >= 4 is 11.8 Å². The Morgan fingerprint density at radius 2 is 1.52 bits per heavy atom. The molecule has 1 atom stereocenters. The summed E-state index contributed by atoms with van der Waals surface area (Å²) in [6, 6.07) is 15.9. The predicted octanol–water partition coefficient (Wildman–Crippen LogP) is 3.61. The molecule has 0 radical (unpaired) electrons. The quantitative estimate of drug-likeness (QED) is 0.661. The van der Waals surface area contributed by atoms with Gasteiger partial charge in [-0.15, -0.1) is 0 Å². The van der Waals surface area contributed by atoms with E-state index < -0.39 is 0 Å². The molecular weight excluding hydrogens is 344 g/mol.